The van der Waals surface area contributed by atoms with Gasteiger partial charge in [-0.15, -0.1) is 0 Å². The van der Waals surface area contributed by atoms with E-state index >= 15 is 0 Å². The molecule has 0 spiro atoms. The second-order valence-corrected chi connectivity index (χ2v) is 9.03. The molecule has 0 aliphatic heterocycles. The molecule has 0 radical (unpaired) electrons. The molecule has 0 saturated heterocycles. The predicted octanol–water partition coefficient (Wildman–Crippen LogP) is 2.34. The lowest BCUT2D eigenvalue weighted by atomic mass is 9.92. The zero-order valence-corrected chi connectivity index (χ0v) is 19.0. The molecule has 160 valence electrons. The number of hydrogen-bond donors (Lipinski definition) is 1. The van der Waals surface area contributed by atoms with Crippen LogP contribution in [-0.2, 0) is 13.6 Å². The summed E-state index contributed by atoms with van der Waals surface area (Å²) in [6, 6.07) is 19.1. The summed E-state index contributed by atoms with van der Waals surface area (Å²) < 4.78 is 2.99. The number of anilines is 1. The summed E-state index contributed by atoms with van der Waals surface area (Å²) in [6.45, 7) is 1.03. The molecule has 0 unspecified atom stereocenters. The normalized spacial score (nSPS) is 15.0. The van der Waals surface area contributed by atoms with E-state index in [1.54, 1.807) is 0 Å². The van der Waals surface area contributed by atoms with Crippen molar-refractivity contribution in [1.29, 1.82) is 0 Å². The molecule has 0 bridgehead atoms. The fraction of sp³-hybridized carbons (Fsp3) is 0.400. The van der Waals surface area contributed by atoms with Gasteiger partial charge in [0.25, 0.3) is 5.91 Å². The number of nitrogens with one attached hydrogen (secondary N) is 1. The highest BCUT2D eigenvalue weighted by molar-refractivity contribution is 6.06. The number of hydrogen-bond acceptors (Lipinski definition) is 1. The van der Waals surface area contributed by atoms with E-state index in [9.17, 15) is 4.79 Å². The topological polar surface area (TPSA) is 34.0 Å². The summed E-state index contributed by atoms with van der Waals surface area (Å²) in [5.41, 5.74) is 3.90. The zero-order valence-electron chi connectivity index (χ0n) is 18.2. The minimum atomic E-state index is -0.0743. The maximum Gasteiger partial charge on any atom is 0.272 e. The first-order chi connectivity index (χ1) is 13.9. The summed E-state index contributed by atoms with van der Waals surface area (Å²) in [7, 11) is 6.64. The highest BCUT2D eigenvalue weighted by atomic mass is 35.5. The van der Waals surface area contributed by atoms with Crippen LogP contribution in [0.5, 0.6) is 0 Å². The average Bonchev–Trinajstić information content (AvgIpc) is 3.07. The van der Waals surface area contributed by atoms with Crippen LogP contribution in [0.2, 0.25) is 0 Å². The summed E-state index contributed by atoms with van der Waals surface area (Å²) in [4.78, 5) is 12.8. The van der Waals surface area contributed by atoms with Gasteiger partial charge in [0.2, 0.25) is 0 Å². The van der Waals surface area contributed by atoms with Crippen molar-refractivity contribution < 1.29 is 21.7 Å². The molecule has 0 atom stereocenters. The van der Waals surface area contributed by atoms with Crippen LogP contribution in [-0.4, -0.2) is 35.1 Å². The van der Waals surface area contributed by atoms with Gasteiger partial charge >= 0.3 is 0 Å². The Morgan fingerprint density at radius 1 is 1.03 bits per heavy atom. The zero-order chi connectivity index (χ0) is 20.4. The first-order valence-corrected chi connectivity index (χ1v) is 10.7. The molecule has 1 aromatic heterocycles. The van der Waals surface area contributed by atoms with Crippen molar-refractivity contribution in [1.82, 2.24) is 4.57 Å². The second kappa shape index (κ2) is 9.23. The minimum absolute atomic E-state index is 0. The number of amides is 1. The Labute approximate surface area is 185 Å². The molecule has 1 heterocycles. The van der Waals surface area contributed by atoms with Gasteiger partial charge in [0.1, 0.15) is 12.2 Å². The molecule has 2 aromatic carbocycles. The van der Waals surface area contributed by atoms with Gasteiger partial charge in [-0.2, -0.15) is 0 Å². The standard InChI is InChI=1S/C25H31N3O.ClH/c1-27-23-12-8-7-9-20(23)17-24(27)25(29)26-21-15-13-19(14-16-21)18-28(2,3)22-10-5-4-6-11-22;/h7-9,12-17,22H,4-6,10-11,18H2,1-3H3;1H. The van der Waals surface area contributed by atoms with Crippen molar-refractivity contribution in [3.05, 3.63) is 65.9 Å². The number of rotatable bonds is 5. The van der Waals surface area contributed by atoms with E-state index in [4.69, 9.17) is 0 Å². The molecule has 5 heteroatoms. The van der Waals surface area contributed by atoms with Gasteiger partial charge in [-0.3, -0.25) is 4.79 Å². The van der Waals surface area contributed by atoms with Crippen molar-refractivity contribution in [2.75, 3.05) is 19.4 Å². The van der Waals surface area contributed by atoms with Gasteiger partial charge in [0, 0.05) is 29.2 Å². The van der Waals surface area contributed by atoms with Crippen molar-refractivity contribution in [2.24, 2.45) is 7.05 Å². The lowest BCUT2D eigenvalue weighted by Gasteiger charge is -2.40. The highest BCUT2D eigenvalue weighted by Gasteiger charge is 2.29. The fourth-order valence-electron chi connectivity index (χ4n) is 4.78. The Morgan fingerprint density at radius 3 is 2.37 bits per heavy atom. The van der Waals surface area contributed by atoms with Crippen LogP contribution in [0.25, 0.3) is 10.9 Å². The molecule has 1 N–H and O–H groups in total. The molecule has 1 aliphatic carbocycles. The van der Waals surface area contributed by atoms with Gasteiger partial charge in [-0.1, -0.05) is 36.8 Å². The number of benzene rings is 2. The molecule has 4 rings (SSSR count). The minimum Gasteiger partial charge on any atom is -1.00 e. The van der Waals surface area contributed by atoms with Crippen molar-refractivity contribution in [3.8, 4) is 0 Å². The quantitative estimate of drug-likeness (QED) is 0.625. The Morgan fingerprint density at radius 2 is 1.70 bits per heavy atom. The number of aryl methyl sites for hydroxylation is 1. The molecule has 1 amide bonds. The number of aromatic nitrogens is 1. The van der Waals surface area contributed by atoms with Crippen LogP contribution < -0.4 is 17.7 Å². The van der Waals surface area contributed by atoms with E-state index in [2.05, 4.69) is 31.5 Å². The van der Waals surface area contributed by atoms with E-state index in [0.29, 0.717) is 5.69 Å². The molecule has 4 nitrogen and oxygen atoms in total. The number of para-hydroxylation sites is 1. The number of carbonyl (C=O) groups excluding carboxylic acids is 1. The molecule has 1 aliphatic rings. The van der Waals surface area contributed by atoms with Crippen LogP contribution in [0, 0.1) is 0 Å². The summed E-state index contributed by atoms with van der Waals surface area (Å²) in [6.07, 6.45) is 6.80. The number of halogens is 1. The number of nitrogens with zero attached hydrogens (tertiary/aromatic N) is 2. The van der Waals surface area contributed by atoms with E-state index < -0.39 is 0 Å². The first kappa shape index (κ1) is 22.4. The van der Waals surface area contributed by atoms with Crippen LogP contribution >= 0.6 is 0 Å². The fourth-order valence-corrected chi connectivity index (χ4v) is 4.78. The number of carbonyl (C=O) groups is 1. The van der Waals surface area contributed by atoms with Gasteiger partial charge < -0.3 is 26.8 Å². The third-order valence-electron chi connectivity index (χ3n) is 6.55. The average molecular weight is 426 g/mol. The van der Waals surface area contributed by atoms with Gasteiger partial charge in [0.05, 0.1) is 20.1 Å². The summed E-state index contributed by atoms with van der Waals surface area (Å²) in [5.74, 6) is -0.0743. The Kier molecular flexibility index (Phi) is 6.89. The Bertz CT molecular complexity index is 1000. The predicted molar refractivity (Wildman–Crippen MR) is 120 cm³/mol. The van der Waals surface area contributed by atoms with Crippen LogP contribution in [0.15, 0.2) is 54.6 Å². The maximum atomic E-state index is 12.8. The van der Waals surface area contributed by atoms with Gasteiger partial charge in [0.15, 0.2) is 0 Å². The van der Waals surface area contributed by atoms with Gasteiger partial charge in [-0.05, 0) is 49.9 Å². The largest absolute Gasteiger partial charge is 1.00 e. The van der Waals surface area contributed by atoms with E-state index in [0.717, 1.165) is 33.7 Å². The van der Waals surface area contributed by atoms with Crippen molar-refractivity contribution in [3.63, 3.8) is 0 Å². The lowest BCUT2D eigenvalue weighted by molar-refractivity contribution is -0.929. The highest BCUT2D eigenvalue weighted by Crippen LogP contribution is 2.28. The maximum absolute atomic E-state index is 12.8. The monoisotopic (exact) mass is 425 g/mol. The molecule has 30 heavy (non-hydrogen) atoms. The van der Waals surface area contributed by atoms with Crippen molar-refractivity contribution in [2.45, 2.75) is 44.7 Å². The van der Waals surface area contributed by atoms with E-state index in [-0.39, 0.29) is 18.3 Å². The van der Waals surface area contributed by atoms with Crippen LogP contribution in [0.1, 0.15) is 48.2 Å². The van der Waals surface area contributed by atoms with Crippen molar-refractivity contribution >= 4 is 22.5 Å². The number of quaternary nitrogens is 1. The SMILES string of the molecule is Cn1c(C(=O)Nc2ccc(C[N+](C)(C)C3CCCCC3)cc2)cc2ccccc21.[Cl-]. The van der Waals surface area contributed by atoms with E-state index in [1.165, 1.54) is 37.7 Å². The molecular formula is C25H32ClN3O. The number of fused-ring (bicyclic) bond motifs is 1. The molecular weight excluding hydrogens is 394 g/mol. The van der Waals surface area contributed by atoms with Crippen LogP contribution in [0.3, 0.4) is 0 Å². The Balaban J connectivity index is 0.00000256. The summed E-state index contributed by atoms with van der Waals surface area (Å²) >= 11 is 0. The first-order valence-electron chi connectivity index (χ1n) is 10.7. The second-order valence-electron chi connectivity index (χ2n) is 9.03. The van der Waals surface area contributed by atoms with Crippen LogP contribution in [0.4, 0.5) is 5.69 Å². The third kappa shape index (κ3) is 4.71. The molecule has 3 aromatic rings. The molecule has 1 saturated carbocycles. The third-order valence-corrected chi connectivity index (χ3v) is 6.55. The lowest BCUT2D eigenvalue weighted by Crippen LogP contribution is -3.00. The molecule has 1 fully saturated rings. The Hall–Kier alpha value is -2.30. The van der Waals surface area contributed by atoms with Gasteiger partial charge in [-0.25, -0.2) is 0 Å². The summed E-state index contributed by atoms with van der Waals surface area (Å²) in [5, 5.41) is 4.13. The smallest absolute Gasteiger partial charge is 0.272 e. The van der Waals surface area contributed by atoms with E-state index in [1.807, 2.05) is 54.1 Å².